The second-order valence-electron chi connectivity index (χ2n) is 7.56. The van der Waals surface area contributed by atoms with E-state index in [9.17, 15) is 12.6 Å². The van der Waals surface area contributed by atoms with Crippen molar-refractivity contribution in [2.24, 2.45) is 0 Å². The van der Waals surface area contributed by atoms with Crippen molar-refractivity contribution < 1.29 is 12.6 Å². The maximum atomic E-state index is 13.1. The van der Waals surface area contributed by atoms with Gasteiger partial charge < -0.3 is 4.40 Å². The van der Waals surface area contributed by atoms with E-state index in [4.69, 9.17) is 5.10 Å². The first kappa shape index (κ1) is 20.7. The first-order chi connectivity index (χ1) is 14.0. The van der Waals surface area contributed by atoms with Gasteiger partial charge in [-0.05, 0) is 50.5 Å². The third kappa shape index (κ3) is 3.07. The number of aromatic nitrogens is 4. The van der Waals surface area contributed by atoms with Gasteiger partial charge >= 0.3 is 0 Å². The SMILES string of the molecule is CCS(=O)c1c(-c2cn3ccc(S(C)(=O)=O)cc3n2)nn2c(C)c(C)c(C)c(C)c12. The minimum atomic E-state index is -3.34. The second kappa shape index (κ2) is 7.02. The summed E-state index contributed by atoms with van der Waals surface area (Å²) in [5.41, 5.74) is 6.85. The maximum Gasteiger partial charge on any atom is 0.175 e. The summed E-state index contributed by atoms with van der Waals surface area (Å²) in [6.45, 7) is 10.1. The molecule has 0 spiro atoms. The summed E-state index contributed by atoms with van der Waals surface area (Å²) < 4.78 is 40.5. The van der Waals surface area contributed by atoms with Gasteiger partial charge in [-0.15, -0.1) is 0 Å². The first-order valence-corrected chi connectivity index (χ1v) is 12.8. The van der Waals surface area contributed by atoms with E-state index >= 15 is 0 Å². The number of rotatable bonds is 4. The molecule has 0 amide bonds. The van der Waals surface area contributed by atoms with Crippen LogP contribution in [-0.4, -0.2) is 43.6 Å². The van der Waals surface area contributed by atoms with Gasteiger partial charge in [-0.3, -0.25) is 4.21 Å². The standard InChI is InChI=1S/C21H24N4O3S2/c1-7-29(26)21-19(23-25-15(5)13(3)12(2)14(4)20(21)25)17-11-24-9-8-16(30(6,27)28)10-18(24)22-17/h8-11H,7H2,1-6H3. The quantitative estimate of drug-likeness (QED) is 0.481. The Morgan fingerprint density at radius 3 is 2.43 bits per heavy atom. The molecule has 9 heteroatoms. The van der Waals surface area contributed by atoms with E-state index in [0.717, 1.165) is 27.9 Å². The molecule has 0 saturated carbocycles. The molecule has 0 aliphatic carbocycles. The number of pyridine rings is 2. The highest BCUT2D eigenvalue weighted by atomic mass is 32.2. The zero-order valence-corrected chi connectivity index (χ0v) is 19.5. The topological polar surface area (TPSA) is 85.8 Å². The molecule has 158 valence electrons. The molecule has 30 heavy (non-hydrogen) atoms. The van der Waals surface area contributed by atoms with E-state index in [1.807, 2.05) is 25.3 Å². The largest absolute Gasteiger partial charge is 0.306 e. The average molecular weight is 445 g/mol. The van der Waals surface area contributed by atoms with Crippen LogP contribution in [0.3, 0.4) is 0 Å². The van der Waals surface area contributed by atoms with Crippen LogP contribution in [-0.2, 0) is 20.6 Å². The van der Waals surface area contributed by atoms with Crippen molar-refractivity contribution in [3.8, 4) is 11.4 Å². The van der Waals surface area contributed by atoms with Crippen LogP contribution >= 0.6 is 0 Å². The molecule has 0 aliphatic heterocycles. The molecule has 4 rings (SSSR count). The van der Waals surface area contributed by atoms with Crippen molar-refractivity contribution >= 4 is 31.8 Å². The number of nitrogens with zero attached hydrogens (tertiary/aromatic N) is 4. The fourth-order valence-corrected chi connectivity index (χ4v) is 5.43. The fraction of sp³-hybridized carbons (Fsp3) is 0.333. The molecular formula is C21H24N4O3S2. The zero-order valence-electron chi connectivity index (χ0n) is 17.8. The molecule has 0 aromatic carbocycles. The van der Waals surface area contributed by atoms with E-state index < -0.39 is 20.6 Å². The van der Waals surface area contributed by atoms with Gasteiger partial charge in [-0.2, -0.15) is 5.10 Å². The van der Waals surface area contributed by atoms with Crippen molar-refractivity contribution in [2.45, 2.75) is 44.4 Å². The summed E-state index contributed by atoms with van der Waals surface area (Å²) in [5.74, 6) is 0.464. The normalized spacial score (nSPS) is 13.4. The van der Waals surface area contributed by atoms with Crippen molar-refractivity contribution in [3.63, 3.8) is 0 Å². The smallest absolute Gasteiger partial charge is 0.175 e. The summed E-state index contributed by atoms with van der Waals surface area (Å²) in [4.78, 5) is 5.50. The molecule has 7 nitrogen and oxygen atoms in total. The highest BCUT2D eigenvalue weighted by Crippen LogP contribution is 2.34. The highest BCUT2D eigenvalue weighted by Gasteiger charge is 2.25. The molecular weight excluding hydrogens is 420 g/mol. The third-order valence-corrected chi connectivity index (χ3v) is 8.25. The number of sulfone groups is 1. The maximum absolute atomic E-state index is 13.1. The van der Waals surface area contributed by atoms with Gasteiger partial charge in [0.25, 0.3) is 0 Å². The van der Waals surface area contributed by atoms with Crippen LogP contribution in [0.5, 0.6) is 0 Å². The minimum absolute atomic E-state index is 0.206. The number of hydrogen-bond donors (Lipinski definition) is 0. The molecule has 0 fully saturated rings. The molecule has 4 heterocycles. The zero-order chi connectivity index (χ0) is 22.0. The number of fused-ring (bicyclic) bond motifs is 2. The predicted molar refractivity (Wildman–Crippen MR) is 118 cm³/mol. The molecule has 4 aromatic rings. The Morgan fingerprint density at radius 1 is 1.10 bits per heavy atom. The van der Waals surface area contributed by atoms with Crippen LogP contribution in [0.25, 0.3) is 22.6 Å². The van der Waals surface area contributed by atoms with Gasteiger partial charge in [0, 0.05) is 36.2 Å². The third-order valence-electron chi connectivity index (χ3n) is 5.77. The fourth-order valence-electron chi connectivity index (χ4n) is 3.70. The minimum Gasteiger partial charge on any atom is -0.306 e. The molecule has 1 unspecified atom stereocenters. The van der Waals surface area contributed by atoms with Crippen LogP contribution in [0, 0.1) is 27.7 Å². The van der Waals surface area contributed by atoms with E-state index in [-0.39, 0.29) is 4.90 Å². The van der Waals surface area contributed by atoms with Gasteiger partial charge in [-0.25, -0.2) is 17.9 Å². The molecule has 1 atom stereocenters. The Kier molecular flexibility index (Phi) is 4.85. The lowest BCUT2D eigenvalue weighted by Gasteiger charge is -2.12. The monoisotopic (exact) mass is 444 g/mol. The number of aryl methyl sites for hydroxylation is 2. The molecule has 0 radical (unpaired) electrons. The van der Waals surface area contributed by atoms with Crippen molar-refractivity contribution in [1.29, 1.82) is 0 Å². The lowest BCUT2D eigenvalue weighted by molar-refractivity contribution is 0.602. The van der Waals surface area contributed by atoms with E-state index in [1.54, 1.807) is 22.9 Å². The van der Waals surface area contributed by atoms with E-state index in [1.165, 1.54) is 12.3 Å². The van der Waals surface area contributed by atoms with Crippen molar-refractivity contribution in [2.75, 3.05) is 12.0 Å². The summed E-state index contributed by atoms with van der Waals surface area (Å²) in [6.07, 6.45) is 4.63. The molecule has 0 aliphatic rings. The Morgan fingerprint density at radius 2 is 1.80 bits per heavy atom. The lowest BCUT2D eigenvalue weighted by atomic mass is 10.0. The van der Waals surface area contributed by atoms with E-state index in [2.05, 4.69) is 18.8 Å². The van der Waals surface area contributed by atoms with E-state index in [0.29, 0.717) is 27.7 Å². The van der Waals surface area contributed by atoms with Crippen LogP contribution in [0.2, 0.25) is 0 Å². The van der Waals surface area contributed by atoms with Crippen LogP contribution in [0.1, 0.15) is 29.3 Å². The molecule has 0 bridgehead atoms. The Hall–Kier alpha value is -2.52. The van der Waals surface area contributed by atoms with Crippen LogP contribution in [0.4, 0.5) is 0 Å². The van der Waals surface area contributed by atoms with Gasteiger partial charge in [0.1, 0.15) is 17.0 Å². The summed E-state index contributed by atoms with van der Waals surface area (Å²) in [6, 6.07) is 3.08. The molecule has 4 aromatic heterocycles. The second-order valence-corrected chi connectivity index (χ2v) is 11.3. The first-order valence-electron chi connectivity index (χ1n) is 9.61. The van der Waals surface area contributed by atoms with Crippen LogP contribution < -0.4 is 0 Å². The van der Waals surface area contributed by atoms with Crippen molar-refractivity contribution in [3.05, 3.63) is 46.9 Å². The van der Waals surface area contributed by atoms with Gasteiger partial charge in [0.2, 0.25) is 0 Å². The lowest BCUT2D eigenvalue weighted by Crippen LogP contribution is -2.03. The van der Waals surface area contributed by atoms with Crippen LogP contribution in [0.15, 0.2) is 34.3 Å². The Balaban J connectivity index is 2.07. The Labute approximate surface area is 178 Å². The summed E-state index contributed by atoms with van der Waals surface area (Å²) in [7, 11) is -4.59. The molecule has 0 saturated heterocycles. The Bertz CT molecular complexity index is 1460. The summed E-state index contributed by atoms with van der Waals surface area (Å²) >= 11 is 0. The number of imidazole rings is 1. The average Bonchev–Trinajstić information content (AvgIpc) is 3.30. The highest BCUT2D eigenvalue weighted by molar-refractivity contribution is 7.90. The van der Waals surface area contributed by atoms with Gasteiger partial charge in [0.15, 0.2) is 9.84 Å². The van der Waals surface area contributed by atoms with Crippen molar-refractivity contribution in [1.82, 2.24) is 19.0 Å². The predicted octanol–water partition coefficient (Wildman–Crippen LogP) is 3.41. The summed E-state index contributed by atoms with van der Waals surface area (Å²) in [5, 5.41) is 4.81. The van der Waals surface area contributed by atoms with Gasteiger partial charge in [-0.1, -0.05) is 6.92 Å². The molecule has 0 N–H and O–H groups in total. The number of hydrogen-bond acceptors (Lipinski definition) is 5. The van der Waals surface area contributed by atoms with Gasteiger partial charge in [0.05, 0.1) is 26.1 Å².